The van der Waals surface area contributed by atoms with E-state index in [1.54, 1.807) is 6.92 Å². The lowest BCUT2D eigenvalue weighted by Gasteiger charge is -2.54. The van der Waals surface area contributed by atoms with Crippen molar-refractivity contribution in [3.63, 3.8) is 0 Å². The molecule has 3 aliphatic rings. The maximum atomic E-state index is 14.6. The molecule has 9 atom stereocenters. The van der Waals surface area contributed by atoms with Gasteiger partial charge >= 0.3 is 11.9 Å². The zero-order valence-corrected chi connectivity index (χ0v) is 34.7. The summed E-state index contributed by atoms with van der Waals surface area (Å²) in [5, 5.41) is 0. The Bertz CT molecular complexity index is 1450. The highest BCUT2D eigenvalue weighted by atomic mass is 28.3. The molecule has 1 aromatic rings. The van der Waals surface area contributed by atoms with E-state index in [9.17, 15) is 18.4 Å². The van der Waals surface area contributed by atoms with Gasteiger partial charge in [-0.2, -0.15) is 0 Å². The van der Waals surface area contributed by atoms with E-state index >= 15 is 0 Å². The van der Waals surface area contributed by atoms with Gasteiger partial charge in [0.1, 0.15) is 24.1 Å². The number of benzene rings is 1. The number of carbonyl (C=O) groups is 2. The van der Waals surface area contributed by atoms with Gasteiger partial charge in [-0.25, -0.2) is 18.4 Å². The van der Waals surface area contributed by atoms with Gasteiger partial charge in [-0.05, 0) is 92.7 Å². The van der Waals surface area contributed by atoms with Gasteiger partial charge in [-0.15, -0.1) is 0 Å². The Morgan fingerprint density at radius 2 is 1.73 bits per heavy atom. The topological polar surface area (TPSA) is 80.3 Å². The van der Waals surface area contributed by atoms with Crippen molar-refractivity contribution < 1.29 is 41.4 Å². The summed E-state index contributed by atoms with van der Waals surface area (Å²) >= 11 is 0. The number of esters is 2. The summed E-state index contributed by atoms with van der Waals surface area (Å²) in [5.74, 6) is -2.91. The van der Waals surface area contributed by atoms with Crippen LogP contribution in [0, 0.1) is 46.1 Å². The average molecular weight is 747 g/mol. The van der Waals surface area contributed by atoms with E-state index in [1.807, 2.05) is 13.1 Å². The summed E-state index contributed by atoms with van der Waals surface area (Å²) in [4.78, 5) is 27.4. The van der Waals surface area contributed by atoms with Gasteiger partial charge in [0.15, 0.2) is 17.7 Å². The fourth-order valence-corrected chi connectivity index (χ4v) is 9.95. The molecule has 2 aliphatic carbocycles. The molecule has 1 aliphatic heterocycles. The van der Waals surface area contributed by atoms with Crippen LogP contribution in [-0.2, 0) is 27.9 Å². The van der Waals surface area contributed by atoms with Crippen LogP contribution in [0.4, 0.5) is 8.78 Å². The molecule has 284 valence electrons. The van der Waals surface area contributed by atoms with Crippen LogP contribution in [0.2, 0.25) is 26.2 Å². The van der Waals surface area contributed by atoms with Crippen molar-refractivity contribution >= 4 is 30.0 Å². The molecule has 7 nitrogen and oxygen atoms in total. The van der Waals surface area contributed by atoms with Crippen LogP contribution in [0.3, 0.4) is 0 Å². The van der Waals surface area contributed by atoms with E-state index < -0.39 is 59.6 Å². The van der Waals surface area contributed by atoms with E-state index in [4.69, 9.17) is 23.1 Å². The number of cyclic esters (lactones) is 1. The third kappa shape index (κ3) is 9.80. The van der Waals surface area contributed by atoms with Gasteiger partial charge in [0.25, 0.3) is 0 Å². The van der Waals surface area contributed by atoms with Crippen LogP contribution in [0.1, 0.15) is 87.5 Å². The van der Waals surface area contributed by atoms with Crippen molar-refractivity contribution in [1.82, 2.24) is 0 Å². The highest BCUT2D eigenvalue weighted by Crippen LogP contribution is 2.53. The van der Waals surface area contributed by atoms with Gasteiger partial charge in [0.2, 0.25) is 18.1 Å². The fourth-order valence-electron chi connectivity index (χ4n) is 8.01. The molecule has 0 saturated carbocycles. The number of fused-ring (bicyclic) bond motifs is 1. The first-order valence-corrected chi connectivity index (χ1v) is 23.4. The molecular formula is C40H60F2O7Si2. The summed E-state index contributed by atoms with van der Waals surface area (Å²) in [6.07, 6.45) is 6.84. The van der Waals surface area contributed by atoms with E-state index in [2.05, 4.69) is 79.8 Å². The molecule has 11 heteroatoms. The molecular weight excluding hydrogens is 687 g/mol. The standard InChI is InChI=1S/C40H60F2O7Si2/c1-13-31(46-32-17-16-27(41)22-30(32)42)36(43)47-33-21-26(38(3,4)5)20-25-15-14-24(2)40(34(25)33,49-51(11)12)19-18-28-23-29(39(6,7)8)35(37(44)45-28)48-50(9)10/h14-17,20,22,24,26,28-29,31,33-35H,13,18-19,21,23H2,1-12H3/t24-,26+,28+,29-,31?,33-,34+,35?,40-/m0/s1. The van der Waals surface area contributed by atoms with Gasteiger partial charge in [0, 0.05) is 23.8 Å². The maximum Gasteiger partial charge on any atom is 0.347 e. The SMILES string of the molecule is CCC(Oc1ccc(F)cc1F)C(=O)O[C@H]1C[C@H](C(C)(C)C)C=C2C=C[C@H](C)[C@](CC[C@@H]3C[C@H](C(C)(C)C)C(O[Si](C)C)C(=O)O3)(O[Si](C)C)[C@H]21. The first kappa shape index (κ1) is 41.4. The smallest absolute Gasteiger partial charge is 0.347 e. The molecule has 4 rings (SSSR count). The molecule has 1 heterocycles. The predicted octanol–water partition coefficient (Wildman–Crippen LogP) is 9.25. The molecule has 0 aromatic heterocycles. The zero-order chi connectivity index (χ0) is 38.1. The Morgan fingerprint density at radius 3 is 2.29 bits per heavy atom. The first-order valence-electron chi connectivity index (χ1n) is 18.5. The Hall–Kier alpha value is -2.35. The van der Waals surface area contributed by atoms with Crippen LogP contribution < -0.4 is 4.74 Å². The predicted molar refractivity (Wildman–Crippen MR) is 199 cm³/mol. The average Bonchev–Trinajstić information content (AvgIpc) is 3.00. The fraction of sp³-hybridized carbons (Fsp3) is 0.700. The van der Waals surface area contributed by atoms with Gasteiger partial charge < -0.3 is 23.1 Å². The lowest BCUT2D eigenvalue weighted by atomic mass is 9.59. The highest BCUT2D eigenvalue weighted by molar-refractivity contribution is 6.49. The number of hydrogen-bond donors (Lipinski definition) is 0. The van der Waals surface area contributed by atoms with Crippen LogP contribution in [0.25, 0.3) is 0 Å². The summed E-state index contributed by atoms with van der Waals surface area (Å²) in [6, 6.07) is 3.03. The van der Waals surface area contributed by atoms with Gasteiger partial charge in [-0.1, -0.05) is 73.6 Å². The molecule has 2 radical (unpaired) electrons. The van der Waals surface area contributed by atoms with Crippen LogP contribution in [0.15, 0.2) is 42.0 Å². The lowest BCUT2D eigenvalue weighted by molar-refractivity contribution is -0.180. The summed E-state index contributed by atoms with van der Waals surface area (Å²) in [6.45, 7) is 25.3. The number of hydrogen-bond acceptors (Lipinski definition) is 7. The summed E-state index contributed by atoms with van der Waals surface area (Å²) < 4.78 is 59.9. The highest BCUT2D eigenvalue weighted by Gasteiger charge is 2.55. The number of halogens is 2. The summed E-state index contributed by atoms with van der Waals surface area (Å²) in [5.41, 5.74) is 0.0617. The van der Waals surface area contributed by atoms with Gasteiger partial charge in [0.05, 0.1) is 5.60 Å². The molecule has 1 aromatic carbocycles. The van der Waals surface area contributed by atoms with Crippen LogP contribution in [0.5, 0.6) is 5.75 Å². The Labute approximate surface area is 308 Å². The molecule has 0 amide bonds. The van der Waals surface area contributed by atoms with E-state index in [1.165, 1.54) is 6.07 Å². The summed E-state index contributed by atoms with van der Waals surface area (Å²) in [7, 11) is -2.40. The van der Waals surface area contributed by atoms with E-state index in [-0.39, 0.29) is 58.7 Å². The van der Waals surface area contributed by atoms with Crippen molar-refractivity contribution in [1.29, 1.82) is 0 Å². The third-order valence-corrected chi connectivity index (χ3v) is 12.3. The number of carbonyl (C=O) groups excluding carboxylic acids is 2. The Morgan fingerprint density at radius 1 is 1.04 bits per heavy atom. The minimum atomic E-state index is -1.28. The number of rotatable bonds is 12. The van der Waals surface area contributed by atoms with Gasteiger partial charge in [-0.3, -0.25) is 0 Å². The minimum absolute atomic E-state index is 0.00414. The molecule has 2 unspecified atom stereocenters. The molecule has 0 spiro atoms. The molecule has 1 fully saturated rings. The van der Waals surface area contributed by atoms with E-state index in [0.29, 0.717) is 25.7 Å². The normalized spacial score (nSPS) is 30.5. The monoisotopic (exact) mass is 746 g/mol. The largest absolute Gasteiger partial charge is 0.476 e. The second-order valence-corrected chi connectivity index (χ2v) is 21.4. The van der Waals surface area contributed by atoms with Crippen molar-refractivity contribution in [2.45, 2.75) is 144 Å². The maximum absolute atomic E-state index is 14.6. The number of allylic oxidation sites excluding steroid dienone is 2. The molecule has 0 bridgehead atoms. The Kier molecular flexibility index (Phi) is 13.3. The lowest BCUT2D eigenvalue weighted by Crippen LogP contribution is -2.58. The van der Waals surface area contributed by atoms with Crippen LogP contribution >= 0.6 is 0 Å². The second-order valence-electron chi connectivity index (χ2n) is 17.3. The molecule has 51 heavy (non-hydrogen) atoms. The quantitative estimate of drug-likeness (QED) is 0.156. The minimum Gasteiger partial charge on any atom is -0.476 e. The zero-order valence-electron chi connectivity index (χ0n) is 32.7. The Balaban J connectivity index is 1.69. The van der Waals surface area contributed by atoms with Crippen molar-refractivity contribution in [2.24, 2.45) is 34.5 Å². The van der Waals surface area contributed by atoms with E-state index in [0.717, 1.165) is 17.7 Å². The van der Waals surface area contributed by atoms with Crippen molar-refractivity contribution in [3.05, 3.63) is 53.6 Å². The van der Waals surface area contributed by atoms with Crippen molar-refractivity contribution in [2.75, 3.05) is 0 Å². The first-order chi connectivity index (χ1) is 23.7. The number of ether oxygens (including phenoxy) is 3. The third-order valence-electron chi connectivity index (χ3n) is 10.8. The molecule has 0 N–H and O–H groups in total. The van der Waals surface area contributed by atoms with Crippen molar-refractivity contribution in [3.8, 4) is 5.75 Å². The molecule has 1 saturated heterocycles. The van der Waals surface area contributed by atoms with Crippen LogP contribution in [-0.4, -0.2) is 60.0 Å². The second kappa shape index (κ2) is 16.3.